The number of halogens is 9. The number of carbonyl (C=O) groups excluding carboxylic acids is 8. The number of Topliss-reactive ketones (excluding diaryl/α,β-unsaturated/α-hetero) is 1. The average Bonchev–Trinajstić information content (AvgIpc) is 1.56. The van der Waals surface area contributed by atoms with Crippen LogP contribution in [-0.4, -0.2) is 176 Å². The number of fused-ring (bicyclic) bond motifs is 7. The summed E-state index contributed by atoms with van der Waals surface area (Å²) in [6, 6.07) is 4.11. The highest BCUT2D eigenvalue weighted by molar-refractivity contribution is 6.27. The number of amides is 2. The summed E-state index contributed by atoms with van der Waals surface area (Å²) in [5.74, 6) is -14.6. The number of anilines is 2. The Balaban J connectivity index is 0.954. The molecule has 0 bridgehead atoms. The lowest BCUT2D eigenvalue weighted by atomic mass is 9.44. The quantitative estimate of drug-likeness (QED) is 0.0410. The lowest BCUT2D eigenvalue weighted by Crippen LogP contribution is -2.68. The van der Waals surface area contributed by atoms with Gasteiger partial charge in [0.25, 0.3) is 0 Å². The normalized spacial score (nSPS) is 37.0. The molecule has 4 saturated carbocycles. The molecule has 1 spiro atoms. The van der Waals surface area contributed by atoms with Crippen LogP contribution in [0.1, 0.15) is 85.5 Å². The highest BCUT2D eigenvalue weighted by Crippen LogP contribution is 2.71. The van der Waals surface area contributed by atoms with Crippen LogP contribution < -0.4 is 10.6 Å². The Labute approximate surface area is 568 Å². The second-order valence-corrected chi connectivity index (χ2v) is 27.3. The van der Waals surface area contributed by atoms with Gasteiger partial charge in [0.05, 0.1) is 30.2 Å². The molecule has 32 heteroatoms. The molecule has 23 nitrogen and oxygen atoms in total. The molecule has 2 aromatic rings. The number of nitrogens with one attached hydrogen (secondary N) is 2. The van der Waals surface area contributed by atoms with E-state index in [9.17, 15) is 51.1 Å². The zero-order chi connectivity index (χ0) is 68.4. The first-order valence-electron chi connectivity index (χ1n) is 31.3. The minimum absolute atomic E-state index is 0.0355. The number of rotatable bonds is 20. The molecule has 2 aromatic carbocycles. The summed E-state index contributed by atoms with van der Waals surface area (Å²) in [5.41, 5.74) is -2.00. The van der Waals surface area contributed by atoms with E-state index in [2.05, 4.69) is 27.7 Å². The molecular weight excluding hydrogens is 1370 g/mol. The van der Waals surface area contributed by atoms with Gasteiger partial charge in [-0.25, -0.2) is 27.2 Å². The average molecular weight is 1450 g/mol. The first-order valence-corrected chi connectivity index (χ1v) is 33.9. The Morgan fingerprint density at radius 1 is 0.589 bits per heavy atom. The van der Waals surface area contributed by atoms with Crippen LogP contribution in [0.25, 0.3) is 0 Å². The maximum absolute atomic E-state index is 15.0. The van der Waals surface area contributed by atoms with E-state index in [0.717, 1.165) is 56.4 Å². The molecule has 22 atom stereocenters. The Morgan fingerprint density at radius 2 is 1.13 bits per heavy atom. The van der Waals surface area contributed by atoms with Crippen molar-refractivity contribution in [1.82, 2.24) is 0 Å². The van der Waals surface area contributed by atoms with E-state index < -0.39 is 198 Å². The van der Waals surface area contributed by atoms with E-state index in [1.807, 2.05) is 10.6 Å². The van der Waals surface area contributed by atoms with Crippen molar-refractivity contribution in [2.45, 2.75) is 165 Å². The standard InChI is InChI=1S/C63H73Cl5F4N2O21/c1-28-11-14-63(85-25-28)29(2)49-41(95-63)18-35-34-8-5-30-15-33(12-13-61(30,3)50(34)40(75)19-62(35,49)4)86-57-55(91-47(79)23-67)53(89-45(77)21-65)51(42(87-57)26-83-44(76)20-64)93-58-56(92-48(80)24-68)54(90-46(78)22-66)52(94-60(82)74-39-10-7-32(70)17-37(39)72)43(88-58)27-84-59(81)73-38-9-6-31(69)16-36(38)71/h6-7,9-10,16-17,28-30,33-35,41-43,49-58H,5,8,11-15,18-27H2,1-4H3,(H,73,81)(H,74,82)/t28-,29?,30+,33+,34+,35+,41?,42-,43-,49?,50-,51-,52-,53+,54+,55-,56-,57-,58+,61+,62+,63-/m1/s1. The molecule has 4 aliphatic heterocycles. The van der Waals surface area contributed by atoms with Crippen LogP contribution in [0.15, 0.2) is 36.4 Å². The van der Waals surface area contributed by atoms with Gasteiger partial charge in [0.2, 0.25) is 0 Å². The van der Waals surface area contributed by atoms with Crippen molar-refractivity contribution < 1.29 is 117 Å². The van der Waals surface area contributed by atoms with Gasteiger partial charge in [-0.2, -0.15) is 0 Å². The number of hydrogen-bond donors (Lipinski definition) is 2. The molecule has 524 valence electrons. The van der Waals surface area contributed by atoms with Crippen LogP contribution in [0.2, 0.25) is 0 Å². The monoisotopic (exact) mass is 1440 g/mol. The molecule has 8 fully saturated rings. The molecule has 4 aliphatic carbocycles. The van der Waals surface area contributed by atoms with Crippen LogP contribution in [0, 0.1) is 75.5 Å². The van der Waals surface area contributed by atoms with Crippen molar-refractivity contribution in [3.8, 4) is 0 Å². The third-order valence-electron chi connectivity index (χ3n) is 20.3. The molecule has 4 saturated heterocycles. The summed E-state index contributed by atoms with van der Waals surface area (Å²) in [6.07, 6.45) is -18.4. The number of alkyl halides is 5. The van der Waals surface area contributed by atoms with Crippen LogP contribution >= 0.6 is 58.0 Å². The van der Waals surface area contributed by atoms with E-state index >= 15 is 4.79 Å². The first-order chi connectivity index (χ1) is 45.2. The molecule has 4 heterocycles. The minimum atomic E-state index is -2.31. The molecule has 3 unspecified atom stereocenters. The van der Waals surface area contributed by atoms with Gasteiger partial charge in [0, 0.05) is 36.8 Å². The zero-order valence-corrected chi connectivity index (χ0v) is 55.7. The predicted octanol–water partition coefficient (Wildman–Crippen LogP) is 9.64. The first kappa shape index (κ1) is 72.7. The summed E-state index contributed by atoms with van der Waals surface area (Å²) in [5, 5.41) is 4.08. The van der Waals surface area contributed by atoms with E-state index in [1.165, 1.54) is 0 Å². The molecule has 2 N–H and O–H groups in total. The highest BCUT2D eigenvalue weighted by atomic mass is 35.5. The van der Waals surface area contributed by atoms with Gasteiger partial charge in [-0.1, -0.05) is 27.7 Å². The summed E-state index contributed by atoms with van der Waals surface area (Å²) >= 11 is 29.9. The Morgan fingerprint density at radius 3 is 1.68 bits per heavy atom. The van der Waals surface area contributed by atoms with Gasteiger partial charge in [-0.15, -0.1) is 58.0 Å². The number of ether oxygens (including phenoxy) is 13. The zero-order valence-electron chi connectivity index (χ0n) is 51.9. The molecule has 8 aliphatic rings. The van der Waals surface area contributed by atoms with Gasteiger partial charge in [0.15, 0.2) is 48.9 Å². The van der Waals surface area contributed by atoms with E-state index in [1.54, 1.807) is 0 Å². The number of ketones is 1. The Kier molecular flexibility index (Phi) is 23.4. The second-order valence-electron chi connectivity index (χ2n) is 26.0. The molecule has 0 radical (unpaired) electrons. The summed E-state index contributed by atoms with van der Waals surface area (Å²) < 4.78 is 137. The lowest BCUT2D eigenvalue weighted by molar-refractivity contribution is -0.364. The molecule has 0 aromatic heterocycles. The van der Waals surface area contributed by atoms with Gasteiger partial charge in [-0.05, 0) is 110 Å². The second kappa shape index (κ2) is 30.6. The van der Waals surface area contributed by atoms with Crippen LogP contribution in [0.5, 0.6) is 0 Å². The van der Waals surface area contributed by atoms with Gasteiger partial charge < -0.3 is 61.6 Å². The van der Waals surface area contributed by atoms with Crippen molar-refractivity contribution in [2.24, 2.45) is 52.3 Å². The minimum Gasteiger partial charge on any atom is -0.462 e. The van der Waals surface area contributed by atoms with E-state index in [4.69, 9.17) is 120 Å². The fourth-order valence-electron chi connectivity index (χ4n) is 16.3. The Hall–Kier alpha value is -5.07. The van der Waals surface area contributed by atoms with Crippen molar-refractivity contribution in [1.29, 1.82) is 0 Å². The van der Waals surface area contributed by atoms with Crippen molar-refractivity contribution in [3.63, 3.8) is 0 Å². The smallest absolute Gasteiger partial charge is 0.412 e. The molecular formula is C63H73Cl5F4N2O21. The van der Waals surface area contributed by atoms with Crippen LogP contribution in [0.3, 0.4) is 0 Å². The molecule has 2 amide bonds. The molecule has 95 heavy (non-hydrogen) atoms. The number of hydrogen-bond acceptors (Lipinski definition) is 21. The topological polar surface area (TPSA) is 281 Å². The Bertz CT molecular complexity index is 3200. The fraction of sp³-hybridized carbons (Fsp3) is 0.683. The SMILES string of the molecule is CC1C2C(C[C@H]3[C@@H]4CC[C@H]5C[C@@H](O[C@@H]6O[C@H](COC(=O)CCl)[C@@H](O[C@@H]7O[C@H](COC(=O)Nc8ccc(F)cc8F)[C@@H](OC(=O)Nc8ccc(F)cc8F)[C@H](OC(=O)CCl)[C@H]7OC(=O)CCl)[C@H](OC(=O)CCl)[C@H]6OC(=O)CCl)CC[C@]5(C)[C@H]4C(=O)C[C@]23C)O[C@]12CC[C@@H](C)CO2. The van der Waals surface area contributed by atoms with Crippen molar-refractivity contribution in [3.05, 3.63) is 59.7 Å². The van der Waals surface area contributed by atoms with Gasteiger partial charge >= 0.3 is 42.0 Å². The van der Waals surface area contributed by atoms with E-state index in [-0.39, 0.29) is 52.8 Å². The van der Waals surface area contributed by atoms with Crippen molar-refractivity contribution >= 4 is 117 Å². The summed E-state index contributed by atoms with van der Waals surface area (Å²) in [4.78, 5) is 109. The van der Waals surface area contributed by atoms with E-state index in [0.29, 0.717) is 50.3 Å². The van der Waals surface area contributed by atoms with Crippen LogP contribution in [-0.2, 0) is 90.3 Å². The van der Waals surface area contributed by atoms with Crippen molar-refractivity contribution in [2.75, 3.05) is 59.9 Å². The fourth-order valence-corrected chi connectivity index (χ4v) is 16.6. The van der Waals surface area contributed by atoms with Crippen LogP contribution in [0.4, 0.5) is 38.5 Å². The third kappa shape index (κ3) is 15.5. The largest absolute Gasteiger partial charge is 0.462 e. The van der Waals surface area contributed by atoms with Gasteiger partial charge in [-0.3, -0.25) is 39.4 Å². The predicted molar refractivity (Wildman–Crippen MR) is 325 cm³/mol. The maximum Gasteiger partial charge on any atom is 0.412 e. The number of benzene rings is 2. The number of carbonyl (C=O) groups is 8. The lowest BCUT2D eigenvalue weighted by Gasteiger charge is -2.60. The van der Waals surface area contributed by atoms with Gasteiger partial charge in [0.1, 0.15) is 90.0 Å². The number of esters is 5. The maximum atomic E-state index is 15.0. The molecule has 10 rings (SSSR count). The third-order valence-corrected chi connectivity index (χ3v) is 21.4. The summed E-state index contributed by atoms with van der Waals surface area (Å²) in [7, 11) is 0. The highest BCUT2D eigenvalue weighted by Gasteiger charge is 2.71. The summed E-state index contributed by atoms with van der Waals surface area (Å²) in [6.45, 7) is 7.49.